The normalized spacial score (nSPS) is 19.7. The Morgan fingerprint density at radius 3 is 2.19 bits per heavy atom. The van der Waals surface area contributed by atoms with E-state index >= 15 is 0 Å². The highest BCUT2D eigenvalue weighted by molar-refractivity contribution is 8.15. The van der Waals surface area contributed by atoms with Gasteiger partial charge in [0, 0.05) is 36.1 Å². The van der Waals surface area contributed by atoms with Gasteiger partial charge in [0.15, 0.2) is 6.04 Å². The molecule has 4 aromatic rings. The molecule has 2 unspecified atom stereocenters. The van der Waals surface area contributed by atoms with E-state index in [0.717, 1.165) is 27.9 Å². The highest BCUT2D eigenvalue weighted by Gasteiger charge is 2.43. The Bertz CT molecular complexity index is 1860. The monoisotopic (exact) mass is 669 g/mol. The van der Waals surface area contributed by atoms with E-state index in [9.17, 15) is 4.79 Å². The summed E-state index contributed by atoms with van der Waals surface area (Å²) in [5.41, 5.74) is 6.20. The van der Waals surface area contributed by atoms with Crippen LogP contribution in [0.3, 0.4) is 0 Å². The Balaban J connectivity index is 0.00000368. The van der Waals surface area contributed by atoms with E-state index in [4.69, 9.17) is 0 Å². The zero-order chi connectivity index (χ0) is 29.1. The topological polar surface area (TPSA) is 28.2 Å². The van der Waals surface area contributed by atoms with Crippen LogP contribution in [0.5, 0.6) is 0 Å². The number of fused-ring (bicyclic) bond motifs is 1. The van der Waals surface area contributed by atoms with Crippen LogP contribution in [0.1, 0.15) is 48.8 Å². The van der Waals surface area contributed by atoms with Crippen LogP contribution in [0.15, 0.2) is 108 Å². The summed E-state index contributed by atoms with van der Waals surface area (Å²) in [5, 5.41) is 1.47. The number of rotatable bonds is 7. The van der Waals surface area contributed by atoms with Crippen molar-refractivity contribution in [2.45, 2.75) is 38.6 Å². The number of allylic oxidation sites excluding steroid dienone is 3. The Morgan fingerprint density at radius 1 is 0.837 bits per heavy atom. The summed E-state index contributed by atoms with van der Waals surface area (Å²) in [7, 11) is 0. The van der Waals surface area contributed by atoms with Crippen LogP contribution < -0.4 is 36.6 Å². The minimum Gasteiger partial charge on any atom is -1.00 e. The molecule has 0 fully saturated rings. The van der Waals surface area contributed by atoms with Gasteiger partial charge in [-0.25, -0.2) is 4.58 Å². The molecule has 220 valence electrons. The van der Waals surface area contributed by atoms with Gasteiger partial charge in [0.05, 0.1) is 10.6 Å². The van der Waals surface area contributed by atoms with Crippen LogP contribution in [-0.4, -0.2) is 27.3 Å². The molecule has 2 aliphatic rings. The van der Waals surface area contributed by atoms with Gasteiger partial charge in [0.25, 0.3) is 5.56 Å². The van der Waals surface area contributed by atoms with E-state index in [1.54, 1.807) is 11.3 Å². The molecule has 0 amide bonds. The summed E-state index contributed by atoms with van der Waals surface area (Å²) in [6.45, 7) is 8.86. The molecule has 7 heteroatoms. The second-order valence-electron chi connectivity index (χ2n) is 10.3. The summed E-state index contributed by atoms with van der Waals surface area (Å²) in [6, 6.07) is 30.3. The van der Waals surface area contributed by atoms with Crippen molar-refractivity contribution in [2.75, 3.05) is 18.0 Å². The van der Waals surface area contributed by atoms with E-state index < -0.39 is 0 Å². The molecule has 4 nitrogen and oxygen atoms in total. The van der Waals surface area contributed by atoms with Gasteiger partial charge in [-0.2, -0.15) is 0 Å². The Labute approximate surface area is 272 Å². The summed E-state index contributed by atoms with van der Waals surface area (Å²) in [4.78, 5) is 15.8. The standard InChI is InChI=1S/C36H36N3OS2.BrH/c1-4-37-24-23-26(29-19-13-14-20-30(29)37)21-22-31-36(40)39(6-3)33(41-31)25-32-38(5-2)34(27-15-9-7-10-16-27)35(42-32)28-17-11-8-12-18-28;/h7-25,34-35H,4-6H2,1-3H3;1H/q+1;/p-1/b26-21+,31-22+;. The average molecular weight is 671 g/mol. The molecule has 0 aliphatic carbocycles. The number of halogens is 1. The molecule has 0 radical (unpaired) electrons. The average Bonchev–Trinajstić information content (AvgIpc) is 3.56. The van der Waals surface area contributed by atoms with Gasteiger partial charge < -0.3 is 21.9 Å². The highest BCUT2D eigenvalue weighted by Crippen LogP contribution is 2.48. The third-order valence-corrected chi connectivity index (χ3v) is 10.4. The molecular weight excluding hydrogens is 634 g/mol. The van der Waals surface area contributed by atoms with Gasteiger partial charge in [-0.3, -0.25) is 9.36 Å². The first-order valence-electron chi connectivity index (χ1n) is 14.7. The third kappa shape index (κ3) is 6.17. The lowest BCUT2D eigenvalue weighted by Crippen LogP contribution is -3.00. The number of para-hydroxylation sites is 1. The molecule has 43 heavy (non-hydrogen) atoms. The zero-order valence-corrected chi connectivity index (χ0v) is 27.9. The maximum Gasteiger partial charge on any atom is 0.269 e. The minimum atomic E-state index is 0. The number of thiazole rings is 1. The summed E-state index contributed by atoms with van der Waals surface area (Å²) in [5.74, 6) is 0. The van der Waals surface area contributed by atoms with Gasteiger partial charge in [0.1, 0.15) is 16.5 Å². The first-order chi connectivity index (χ1) is 20.6. The fourth-order valence-corrected chi connectivity index (χ4v) is 8.56. The van der Waals surface area contributed by atoms with Crippen molar-refractivity contribution in [1.29, 1.82) is 0 Å². The quantitative estimate of drug-likeness (QED) is 0.282. The molecule has 0 saturated carbocycles. The molecule has 2 aliphatic heterocycles. The minimum absolute atomic E-state index is 0. The maximum absolute atomic E-state index is 13.6. The lowest BCUT2D eigenvalue weighted by molar-refractivity contribution is -0.562. The molecule has 0 N–H and O–H groups in total. The van der Waals surface area contributed by atoms with Gasteiger partial charge in [-0.1, -0.05) is 84.9 Å². The zero-order valence-electron chi connectivity index (χ0n) is 24.7. The first kappa shape index (κ1) is 31.0. The second kappa shape index (κ2) is 13.9. The number of hydrogen-bond acceptors (Lipinski definition) is 4. The molecule has 1 aromatic heterocycles. The van der Waals surface area contributed by atoms with E-state index in [2.05, 4.69) is 140 Å². The van der Waals surface area contributed by atoms with Crippen LogP contribution in [0.2, 0.25) is 0 Å². The smallest absolute Gasteiger partial charge is 0.269 e. The number of nitrogens with zero attached hydrogens (tertiary/aromatic N) is 3. The van der Waals surface area contributed by atoms with Crippen molar-refractivity contribution >= 4 is 51.6 Å². The number of anilines is 1. The number of thioether (sulfide) groups is 1. The predicted molar refractivity (Wildman–Crippen MR) is 181 cm³/mol. The fourth-order valence-electron chi connectivity index (χ4n) is 5.89. The van der Waals surface area contributed by atoms with Crippen LogP contribution in [0.25, 0.3) is 17.7 Å². The number of hydrogen-bond donors (Lipinski definition) is 0. The second-order valence-corrected chi connectivity index (χ2v) is 12.6. The SMILES string of the molecule is CCN1C=C/C(=C\C=c2\s/c(=C/C3=[N+](CC)C(c4ccccc4)C(c4ccccc4)S3)n(CC)c2=O)c2ccccc21.[Br-]. The summed E-state index contributed by atoms with van der Waals surface area (Å²) >= 11 is 3.48. The molecule has 0 spiro atoms. The third-order valence-electron chi connectivity index (χ3n) is 7.98. The van der Waals surface area contributed by atoms with E-state index in [1.165, 1.54) is 27.4 Å². The van der Waals surface area contributed by atoms with Crippen molar-refractivity contribution in [3.63, 3.8) is 0 Å². The molecule has 0 bridgehead atoms. The van der Waals surface area contributed by atoms with Crippen LogP contribution in [0.4, 0.5) is 5.69 Å². The van der Waals surface area contributed by atoms with Gasteiger partial charge in [-0.15, -0.1) is 11.3 Å². The van der Waals surface area contributed by atoms with Crippen molar-refractivity contribution < 1.29 is 21.6 Å². The van der Waals surface area contributed by atoms with E-state index in [1.807, 2.05) is 22.4 Å². The number of likely N-dealkylation sites (N-methyl/N-ethyl adjacent to an activating group) is 1. The number of benzene rings is 3. The molecule has 0 saturated heterocycles. The van der Waals surface area contributed by atoms with Crippen molar-refractivity contribution in [3.8, 4) is 0 Å². The van der Waals surface area contributed by atoms with E-state index in [-0.39, 0.29) is 33.8 Å². The van der Waals surface area contributed by atoms with Gasteiger partial charge >= 0.3 is 0 Å². The van der Waals surface area contributed by atoms with Crippen molar-refractivity contribution in [3.05, 3.63) is 140 Å². The van der Waals surface area contributed by atoms with E-state index in [0.29, 0.717) is 6.54 Å². The van der Waals surface area contributed by atoms with Crippen LogP contribution in [0, 0.1) is 0 Å². The van der Waals surface area contributed by atoms with Crippen LogP contribution in [-0.2, 0) is 6.54 Å². The van der Waals surface area contributed by atoms with Gasteiger partial charge in [-0.05, 0) is 61.9 Å². The molecule has 3 aromatic carbocycles. The molecular formula is C36H36BrN3OS2. The van der Waals surface area contributed by atoms with Gasteiger partial charge in [0.2, 0.25) is 5.04 Å². The van der Waals surface area contributed by atoms with Crippen molar-refractivity contribution in [1.82, 2.24) is 4.57 Å². The van der Waals surface area contributed by atoms with Crippen molar-refractivity contribution in [2.24, 2.45) is 0 Å². The Morgan fingerprint density at radius 2 is 1.51 bits per heavy atom. The molecule has 3 heterocycles. The maximum atomic E-state index is 13.6. The molecule has 6 rings (SSSR count). The highest BCUT2D eigenvalue weighted by atomic mass is 79.9. The van der Waals surface area contributed by atoms with Crippen LogP contribution >= 0.6 is 23.1 Å². The largest absolute Gasteiger partial charge is 1.00 e. The number of aromatic nitrogens is 1. The Kier molecular flexibility index (Phi) is 10.1. The first-order valence-corrected chi connectivity index (χ1v) is 16.4. The summed E-state index contributed by atoms with van der Waals surface area (Å²) < 4.78 is 6.15. The fraction of sp³-hybridized carbons (Fsp3) is 0.222. The molecule has 2 atom stereocenters. The Hall–Kier alpha value is -3.39. The lowest BCUT2D eigenvalue weighted by atomic mass is 9.97. The predicted octanol–water partition coefficient (Wildman–Crippen LogP) is 3.59. The summed E-state index contributed by atoms with van der Waals surface area (Å²) in [6.07, 6.45) is 10.6. The lowest BCUT2D eigenvalue weighted by Gasteiger charge is -2.26.